The van der Waals surface area contributed by atoms with Gasteiger partial charge in [-0.15, -0.1) is 11.3 Å². The summed E-state index contributed by atoms with van der Waals surface area (Å²) in [7, 11) is 0. The van der Waals surface area contributed by atoms with Crippen molar-refractivity contribution >= 4 is 39.2 Å². The van der Waals surface area contributed by atoms with Crippen molar-refractivity contribution in [3.05, 3.63) is 56.7 Å². The van der Waals surface area contributed by atoms with Crippen LogP contribution >= 0.6 is 23.1 Å². The van der Waals surface area contributed by atoms with Crippen molar-refractivity contribution in [2.45, 2.75) is 76.0 Å². The second-order valence-electron chi connectivity index (χ2n) is 9.08. The highest BCUT2D eigenvalue weighted by Crippen LogP contribution is 2.37. The number of aromatic nitrogens is 2. The lowest BCUT2D eigenvalue weighted by Crippen LogP contribution is -2.32. The van der Waals surface area contributed by atoms with Gasteiger partial charge in [0.05, 0.1) is 11.1 Å². The maximum atomic E-state index is 13.8. The molecule has 5 nitrogen and oxygen atoms in total. The van der Waals surface area contributed by atoms with E-state index in [4.69, 9.17) is 4.98 Å². The van der Waals surface area contributed by atoms with Gasteiger partial charge in [0.2, 0.25) is 5.91 Å². The molecule has 0 aliphatic heterocycles. The summed E-state index contributed by atoms with van der Waals surface area (Å²) in [6.07, 6.45) is 8.76. The van der Waals surface area contributed by atoms with Crippen molar-refractivity contribution in [2.75, 3.05) is 12.3 Å². The van der Waals surface area contributed by atoms with Gasteiger partial charge >= 0.3 is 0 Å². The summed E-state index contributed by atoms with van der Waals surface area (Å²) in [5, 5.41) is 1.58. The zero-order valence-corrected chi connectivity index (χ0v) is 20.8. The largest absolute Gasteiger partial charge is 0.338 e. The van der Waals surface area contributed by atoms with Gasteiger partial charge in [0.15, 0.2) is 5.16 Å². The zero-order chi connectivity index (χ0) is 22.8. The minimum absolute atomic E-state index is 0.0872. The number of benzene rings is 1. The van der Waals surface area contributed by atoms with Gasteiger partial charge in [0, 0.05) is 24.0 Å². The Morgan fingerprint density at radius 3 is 2.67 bits per heavy atom. The van der Waals surface area contributed by atoms with Crippen LogP contribution in [0.15, 0.2) is 40.3 Å². The van der Waals surface area contributed by atoms with Gasteiger partial charge in [-0.2, -0.15) is 0 Å². The van der Waals surface area contributed by atoms with E-state index in [1.165, 1.54) is 28.6 Å². The number of nitrogens with zero attached hydrogens (tertiary/aromatic N) is 3. The van der Waals surface area contributed by atoms with E-state index in [2.05, 4.69) is 12.1 Å². The number of thiophene rings is 1. The van der Waals surface area contributed by atoms with Crippen LogP contribution in [0.3, 0.4) is 0 Å². The average Bonchev–Trinajstić information content (AvgIpc) is 3.49. The fourth-order valence-corrected chi connectivity index (χ4v) is 7.45. The fraction of sp³-hybridized carbons (Fsp3) is 0.500. The summed E-state index contributed by atoms with van der Waals surface area (Å²) in [5.41, 5.74) is 2.50. The molecule has 2 heterocycles. The van der Waals surface area contributed by atoms with Crippen molar-refractivity contribution in [1.82, 2.24) is 14.5 Å². The summed E-state index contributed by atoms with van der Waals surface area (Å²) in [4.78, 5) is 35.9. The van der Waals surface area contributed by atoms with E-state index in [1.807, 2.05) is 34.6 Å². The van der Waals surface area contributed by atoms with Gasteiger partial charge in [0.1, 0.15) is 4.83 Å². The molecule has 33 heavy (non-hydrogen) atoms. The maximum Gasteiger partial charge on any atom is 0.263 e. The number of fused-ring (bicyclic) bond motifs is 3. The summed E-state index contributed by atoms with van der Waals surface area (Å²) in [6.45, 7) is 3.28. The van der Waals surface area contributed by atoms with E-state index in [0.29, 0.717) is 18.8 Å². The summed E-state index contributed by atoms with van der Waals surface area (Å²) < 4.78 is 1.95. The highest BCUT2D eigenvalue weighted by molar-refractivity contribution is 7.99. The van der Waals surface area contributed by atoms with E-state index in [1.54, 1.807) is 11.3 Å². The number of aryl methyl sites for hydroxylation is 2. The van der Waals surface area contributed by atoms with Crippen LogP contribution in [0, 0.1) is 0 Å². The van der Waals surface area contributed by atoms with Gasteiger partial charge in [-0.05, 0) is 56.6 Å². The van der Waals surface area contributed by atoms with E-state index >= 15 is 0 Å². The van der Waals surface area contributed by atoms with E-state index in [0.717, 1.165) is 65.9 Å². The highest BCUT2D eigenvalue weighted by Gasteiger charge is 2.27. The third-order valence-corrected chi connectivity index (χ3v) is 9.08. The zero-order valence-electron chi connectivity index (χ0n) is 19.2. The molecule has 1 saturated carbocycles. The number of amides is 1. The second-order valence-corrected chi connectivity index (χ2v) is 11.1. The molecule has 2 aromatic heterocycles. The normalized spacial score (nSPS) is 16.3. The van der Waals surface area contributed by atoms with Gasteiger partial charge in [-0.25, -0.2) is 4.98 Å². The molecule has 2 aliphatic rings. The van der Waals surface area contributed by atoms with Crippen LogP contribution in [0.4, 0.5) is 0 Å². The standard InChI is InChI=1S/C26H31N3O2S2/c1-2-28(16-18-10-4-3-5-11-18)22(30)17-32-26-27-24-23(20-14-8-9-15-21(20)33-24)25(31)29(26)19-12-6-7-13-19/h3-5,10-11,19H,2,6-9,12-17H2,1H3. The van der Waals surface area contributed by atoms with E-state index in [9.17, 15) is 9.59 Å². The first-order valence-electron chi connectivity index (χ1n) is 12.2. The minimum atomic E-state index is 0.0872. The van der Waals surface area contributed by atoms with Crippen molar-refractivity contribution in [1.29, 1.82) is 0 Å². The Bertz CT molecular complexity index is 1200. The third kappa shape index (κ3) is 4.62. The van der Waals surface area contributed by atoms with E-state index in [-0.39, 0.29) is 17.5 Å². The molecule has 0 unspecified atom stereocenters. The number of rotatable bonds is 7. The van der Waals surface area contributed by atoms with Gasteiger partial charge in [0.25, 0.3) is 5.56 Å². The molecule has 0 radical (unpaired) electrons. The smallest absolute Gasteiger partial charge is 0.263 e. The lowest BCUT2D eigenvalue weighted by Gasteiger charge is -2.22. The first-order valence-corrected chi connectivity index (χ1v) is 14.0. The molecule has 2 aliphatic carbocycles. The Morgan fingerprint density at radius 1 is 1.15 bits per heavy atom. The van der Waals surface area contributed by atoms with Gasteiger partial charge in [-0.3, -0.25) is 14.2 Å². The summed E-state index contributed by atoms with van der Waals surface area (Å²) >= 11 is 3.13. The molecule has 0 saturated heterocycles. The third-order valence-electron chi connectivity index (χ3n) is 6.95. The molecule has 174 valence electrons. The fourth-order valence-electron chi connectivity index (χ4n) is 5.18. The molecule has 1 fully saturated rings. The van der Waals surface area contributed by atoms with Crippen molar-refractivity contribution in [3.63, 3.8) is 0 Å². The summed E-state index contributed by atoms with van der Waals surface area (Å²) in [6, 6.07) is 10.3. The van der Waals surface area contributed by atoms with Crippen molar-refractivity contribution in [3.8, 4) is 0 Å². The summed E-state index contributed by atoms with van der Waals surface area (Å²) in [5.74, 6) is 0.389. The molecule has 1 aromatic carbocycles. The van der Waals surface area contributed by atoms with Crippen LogP contribution < -0.4 is 5.56 Å². The molecular weight excluding hydrogens is 450 g/mol. The molecule has 5 rings (SSSR count). The number of carbonyl (C=O) groups excluding carboxylic acids is 1. The number of hydrogen-bond acceptors (Lipinski definition) is 5. The maximum absolute atomic E-state index is 13.8. The lowest BCUT2D eigenvalue weighted by atomic mass is 9.97. The first-order chi connectivity index (χ1) is 16.2. The van der Waals surface area contributed by atoms with Crippen LogP contribution in [-0.2, 0) is 24.2 Å². The van der Waals surface area contributed by atoms with E-state index < -0.39 is 0 Å². The predicted molar refractivity (Wildman–Crippen MR) is 136 cm³/mol. The van der Waals surface area contributed by atoms with Gasteiger partial charge in [-0.1, -0.05) is 54.9 Å². The molecular formula is C26H31N3O2S2. The van der Waals surface area contributed by atoms with Crippen LogP contribution in [0.1, 0.15) is 67.5 Å². The average molecular weight is 482 g/mol. The Kier molecular flexibility index (Phi) is 6.88. The van der Waals surface area contributed by atoms with Crippen molar-refractivity contribution < 1.29 is 4.79 Å². The van der Waals surface area contributed by atoms with Crippen molar-refractivity contribution in [2.24, 2.45) is 0 Å². The topological polar surface area (TPSA) is 55.2 Å². The number of hydrogen-bond donors (Lipinski definition) is 0. The second kappa shape index (κ2) is 10.0. The van der Waals surface area contributed by atoms with Crippen LogP contribution in [-0.4, -0.2) is 32.7 Å². The molecule has 7 heteroatoms. The monoisotopic (exact) mass is 481 g/mol. The van der Waals surface area contributed by atoms with Crippen LogP contribution in [0.2, 0.25) is 0 Å². The van der Waals surface area contributed by atoms with Crippen LogP contribution in [0.25, 0.3) is 10.2 Å². The molecule has 0 N–H and O–H groups in total. The Morgan fingerprint density at radius 2 is 1.91 bits per heavy atom. The Balaban J connectivity index is 1.43. The quantitative estimate of drug-likeness (QED) is 0.326. The molecule has 1 amide bonds. The predicted octanol–water partition coefficient (Wildman–Crippen LogP) is 5.59. The molecule has 0 spiro atoms. The number of thioether (sulfide) groups is 1. The Hall–Kier alpha value is -2.12. The van der Waals surface area contributed by atoms with Crippen LogP contribution in [0.5, 0.6) is 0 Å². The number of carbonyl (C=O) groups is 1. The molecule has 3 aromatic rings. The lowest BCUT2D eigenvalue weighted by molar-refractivity contribution is -0.128. The van der Waals surface area contributed by atoms with Gasteiger partial charge < -0.3 is 4.90 Å². The molecule has 0 atom stereocenters. The SMILES string of the molecule is CCN(Cc1ccccc1)C(=O)CSc1nc2sc3c(c2c(=O)n1C1CCCC1)CCCC3. The molecule has 0 bridgehead atoms. The minimum Gasteiger partial charge on any atom is -0.338 e. The first kappa shape index (κ1) is 22.7. The Labute approximate surface area is 203 Å². The highest BCUT2D eigenvalue weighted by atomic mass is 32.2.